The number of hydrogen-bond donors (Lipinski definition) is 1. The van der Waals surface area contributed by atoms with Crippen molar-refractivity contribution in [2.24, 2.45) is 0 Å². The minimum absolute atomic E-state index is 0.147. The third-order valence-electron chi connectivity index (χ3n) is 3.12. The molecule has 0 radical (unpaired) electrons. The van der Waals surface area contributed by atoms with Crippen LogP contribution in [0.4, 0.5) is 5.13 Å². The van der Waals surface area contributed by atoms with Gasteiger partial charge in [-0.05, 0) is 39.5 Å². The van der Waals surface area contributed by atoms with Gasteiger partial charge in [-0.15, -0.1) is 11.3 Å². The van der Waals surface area contributed by atoms with Crippen molar-refractivity contribution in [2.75, 3.05) is 12.4 Å². The molecule has 1 aliphatic rings. The minimum Gasteiger partial charge on any atom is -0.369 e. The monoisotopic (exact) mass is 254 g/mol. The smallest absolute Gasteiger partial charge is 0.257 e. The molecule has 0 bridgehead atoms. The molecular formula is C12H18N2O2S. The number of ether oxygens (including phenoxy) is 1. The summed E-state index contributed by atoms with van der Waals surface area (Å²) in [6.07, 6.45) is 4.56. The molecule has 5 heteroatoms. The number of thiazole rings is 1. The van der Waals surface area contributed by atoms with Crippen molar-refractivity contribution in [3.05, 3.63) is 10.6 Å². The first kappa shape index (κ1) is 12.5. The van der Waals surface area contributed by atoms with Gasteiger partial charge in [-0.25, -0.2) is 4.98 Å². The highest BCUT2D eigenvalue weighted by Gasteiger charge is 2.28. The van der Waals surface area contributed by atoms with Crippen molar-refractivity contribution in [1.82, 2.24) is 4.98 Å². The standard InChI is InChI=1S/C12H18N2O2S/c1-12(2,16-3)10(15)14-11-13-8-6-4-5-7-9(8)17-11/h4-7H2,1-3H3,(H,13,14,15). The number of nitrogens with one attached hydrogen (secondary N) is 1. The molecule has 17 heavy (non-hydrogen) atoms. The molecule has 0 atom stereocenters. The predicted molar refractivity (Wildman–Crippen MR) is 68.5 cm³/mol. The number of methoxy groups -OCH3 is 1. The second-order valence-corrected chi connectivity index (χ2v) is 5.85. The van der Waals surface area contributed by atoms with Gasteiger partial charge in [0.15, 0.2) is 5.13 Å². The normalized spacial score (nSPS) is 15.5. The van der Waals surface area contributed by atoms with Crippen LogP contribution in [0.2, 0.25) is 0 Å². The fraction of sp³-hybridized carbons (Fsp3) is 0.667. The van der Waals surface area contributed by atoms with E-state index in [0.29, 0.717) is 5.13 Å². The summed E-state index contributed by atoms with van der Waals surface area (Å²) in [4.78, 5) is 17.7. The SMILES string of the molecule is COC(C)(C)C(=O)Nc1nc2c(s1)CCCC2. The number of rotatable bonds is 3. The average molecular weight is 254 g/mol. The molecule has 94 valence electrons. The number of anilines is 1. The Hall–Kier alpha value is -0.940. The molecule has 2 rings (SSSR count). The molecule has 0 aliphatic heterocycles. The number of nitrogens with zero attached hydrogens (tertiary/aromatic N) is 1. The zero-order valence-electron chi connectivity index (χ0n) is 10.5. The summed E-state index contributed by atoms with van der Waals surface area (Å²) < 4.78 is 5.14. The summed E-state index contributed by atoms with van der Waals surface area (Å²) in [6, 6.07) is 0. The fourth-order valence-corrected chi connectivity index (χ4v) is 2.79. The Morgan fingerprint density at radius 2 is 2.12 bits per heavy atom. The number of carbonyl (C=O) groups is 1. The van der Waals surface area contributed by atoms with Gasteiger partial charge in [-0.3, -0.25) is 10.1 Å². The van der Waals surface area contributed by atoms with Crippen molar-refractivity contribution < 1.29 is 9.53 Å². The summed E-state index contributed by atoms with van der Waals surface area (Å²) in [5, 5.41) is 3.53. The summed E-state index contributed by atoms with van der Waals surface area (Å²) in [5.41, 5.74) is 0.346. The summed E-state index contributed by atoms with van der Waals surface area (Å²) >= 11 is 1.59. The van der Waals surface area contributed by atoms with E-state index >= 15 is 0 Å². The summed E-state index contributed by atoms with van der Waals surface area (Å²) in [7, 11) is 1.53. The molecule has 1 aromatic heterocycles. The van der Waals surface area contributed by atoms with Crippen LogP contribution in [0.1, 0.15) is 37.3 Å². The maximum Gasteiger partial charge on any atom is 0.257 e. The largest absolute Gasteiger partial charge is 0.369 e. The number of carbonyl (C=O) groups excluding carboxylic acids is 1. The zero-order chi connectivity index (χ0) is 12.5. The summed E-state index contributed by atoms with van der Waals surface area (Å²) in [6.45, 7) is 3.49. The Morgan fingerprint density at radius 3 is 2.76 bits per heavy atom. The van der Waals surface area contributed by atoms with Gasteiger partial charge < -0.3 is 4.74 Å². The number of hydrogen-bond acceptors (Lipinski definition) is 4. The molecule has 0 aromatic carbocycles. The van der Waals surface area contributed by atoms with Crippen LogP contribution >= 0.6 is 11.3 Å². The summed E-state index contributed by atoms with van der Waals surface area (Å²) in [5.74, 6) is -0.147. The van der Waals surface area contributed by atoms with Gasteiger partial charge in [0, 0.05) is 12.0 Å². The van der Waals surface area contributed by atoms with Gasteiger partial charge in [0.2, 0.25) is 0 Å². The molecule has 4 nitrogen and oxygen atoms in total. The quantitative estimate of drug-likeness (QED) is 0.901. The minimum atomic E-state index is -0.813. The molecule has 1 heterocycles. The molecule has 1 aliphatic carbocycles. The number of aryl methyl sites for hydroxylation is 2. The highest BCUT2D eigenvalue weighted by molar-refractivity contribution is 7.15. The van der Waals surface area contributed by atoms with Crippen molar-refractivity contribution in [3.63, 3.8) is 0 Å². The number of amides is 1. The lowest BCUT2D eigenvalue weighted by Crippen LogP contribution is -2.38. The Bertz CT molecular complexity index is 403. The van der Waals surface area contributed by atoms with Gasteiger partial charge in [0.25, 0.3) is 5.91 Å². The topological polar surface area (TPSA) is 51.2 Å². The van der Waals surface area contributed by atoms with Gasteiger partial charge >= 0.3 is 0 Å². The maximum atomic E-state index is 11.9. The van der Waals surface area contributed by atoms with Crippen LogP contribution in [0, 0.1) is 0 Å². The highest BCUT2D eigenvalue weighted by Crippen LogP contribution is 2.30. The van der Waals surface area contributed by atoms with Gasteiger partial charge in [-0.2, -0.15) is 0 Å². The first-order valence-corrected chi connectivity index (χ1v) is 6.70. The predicted octanol–water partition coefficient (Wildman–Crippen LogP) is 2.39. The first-order valence-electron chi connectivity index (χ1n) is 5.88. The van der Waals surface area contributed by atoms with Crippen LogP contribution < -0.4 is 5.32 Å². The Labute approximate surface area is 105 Å². The van der Waals surface area contributed by atoms with Gasteiger partial charge in [-0.1, -0.05) is 0 Å². The average Bonchev–Trinajstić information content (AvgIpc) is 2.70. The van der Waals surface area contributed by atoms with Crippen LogP contribution in [-0.4, -0.2) is 23.6 Å². The van der Waals surface area contributed by atoms with Crippen LogP contribution in [0.15, 0.2) is 0 Å². The van der Waals surface area contributed by atoms with Crippen molar-refractivity contribution >= 4 is 22.4 Å². The first-order chi connectivity index (χ1) is 8.03. The Balaban J connectivity index is 2.09. The van der Waals surface area contributed by atoms with Crippen LogP contribution in [-0.2, 0) is 22.4 Å². The molecule has 0 saturated heterocycles. The van der Waals surface area contributed by atoms with E-state index in [0.717, 1.165) is 18.5 Å². The second-order valence-electron chi connectivity index (χ2n) is 4.76. The van der Waals surface area contributed by atoms with Gasteiger partial charge in [0.1, 0.15) is 5.60 Å². The van der Waals surface area contributed by atoms with E-state index in [-0.39, 0.29) is 5.91 Å². The van der Waals surface area contributed by atoms with Gasteiger partial charge in [0.05, 0.1) is 5.69 Å². The van der Waals surface area contributed by atoms with Crippen LogP contribution in [0.25, 0.3) is 0 Å². The fourth-order valence-electron chi connectivity index (χ4n) is 1.75. The Morgan fingerprint density at radius 1 is 1.41 bits per heavy atom. The van der Waals surface area contributed by atoms with Crippen LogP contribution in [0.5, 0.6) is 0 Å². The molecule has 0 saturated carbocycles. The lowest BCUT2D eigenvalue weighted by molar-refractivity contribution is -0.133. The van der Waals surface area contributed by atoms with Crippen molar-refractivity contribution in [2.45, 2.75) is 45.1 Å². The Kier molecular flexibility index (Phi) is 3.49. The number of fused-ring (bicyclic) bond motifs is 1. The number of aromatic nitrogens is 1. The molecule has 1 N–H and O–H groups in total. The zero-order valence-corrected chi connectivity index (χ0v) is 11.3. The molecule has 0 spiro atoms. The van der Waals surface area contributed by atoms with Crippen molar-refractivity contribution in [1.29, 1.82) is 0 Å². The van der Waals surface area contributed by atoms with E-state index in [2.05, 4.69) is 10.3 Å². The van der Waals surface area contributed by atoms with E-state index in [4.69, 9.17) is 4.74 Å². The third-order valence-corrected chi connectivity index (χ3v) is 4.20. The van der Waals surface area contributed by atoms with E-state index in [1.165, 1.54) is 24.8 Å². The molecule has 1 aromatic rings. The van der Waals surface area contributed by atoms with E-state index in [9.17, 15) is 4.79 Å². The highest BCUT2D eigenvalue weighted by atomic mass is 32.1. The molecule has 0 fully saturated rings. The van der Waals surface area contributed by atoms with E-state index < -0.39 is 5.60 Å². The molecule has 1 amide bonds. The lowest BCUT2D eigenvalue weighted by atomic mass is 10.0. The van der Waals surface area contributed by atoms with Crippen LogP contribution in [0.3, 0.4) is 0 Å². The van der Waals surface area contributed by atoms with E-state index in [1.54, 1.807) is 25.2 Å². The third kappa shape index (κ3) is 2.66. The molecular weight excluding hydrogens is 236 g/mol. The lowest BCUT2D eigenvalue weighted by Gasteiger charge is -2.20. The second kappa shape index (κ2) is 4.74. The van der Waals surface area contributed by atoms with E-state index in [1.807, 2.05) is 0 Å². The van der Waals surface area contributed by atoms with Crippen molar-refractivity contribution in [3.8, 4) is 0 Å². The molecule has 0 unspecified atom stereocenters. The maximum absolute atomic E-state index is 11.9.